The highest BCUT2D eigenvalue weighted by atomic mass is 16.5. The number of imidazole rings is 1. The van der Waals surface area contributed by atoms with E-state index in [0.29, 0.717) is 11.8 Å². The number of aliphatic hydroxyl groups excluding tert-OH is 2. The highest BCUT2D eigenvalue weighted by Gasteiger charge is 2.44. The van der Waals surface area contributed by atoms with Gasteiger partial charge in [-0.2, -0.15) is 0 Å². The molecule has 1 aliphatic heterocycles. The second kappa shape index (κ2) is 10.3. The van der Waals surface area contributed by atoms with Gasteiger partial charge < -0.3 is 19.5 Å². The highest BCUT2D eigenvalue weighted by molar-refractivity contribution is 5.88. The van der Waals surface area contributed by atoms with E-state index >= 15 is 0 Å². The van der Waals surface area contributed by atoms with Crippen LogP contribution in [-0.4, -0.2) is 43.7 Å². The molecule has 198 valence electrons. The Labute approximate surface area is 214 Å². The number of carbonyl (C=O) groups excluding carboxylic acids is 2. The van der Waals surface area contributed by atoms with Crippen molar-refractivity contribution in [3.8, 4) is 0 Å². The van der Waals surface area contributed by atoms with E-state index < -0.39 is 35.6 Å². The summed E-state index contributed by atoms with van der Waals surface area (Å²) in [5, 5.41) is 21.8. The van der Waals surface area contributed by atoms with Gasteiger partial charge in [0, 0.05) is 13.0 Å². The zero-order chi connectivity index (χ0) is 26.4. The topological polar surface area (TPSA) is 102 Å². The van der Waals surface area contributed by atoms with Crippen LogP contribution in [0.3, 0.4) is 0 Å². The van der Waals surface area contributed by atoms with Crippen molar-refractivity contribution in [1.29, 1.82) is 0 Å². The van der Waals surface area contributed by atoms with Crippen molar-refractivity contribution < 1.29 is 24.5 Å². The Morgan fingerprint density at radius 3 is 2.53 bits per heavy atom. The fraction of sp³-hybridized carbons (Fsp3) is 0.690. The van der Waals surface area contributed by atoms with Gasteiger partial charge in [0.05, 0.1) is 35.1 Å². The Balaban J connectivity index is 1.60. The quantitative estimate of drug-likeness (QED) is 0.555. The lowest BCUT2D eigenvalue weighted by molar-refractivity contribution is -0.156. The summed E-state index contributed by atoms with van der Waals surface area (Å²) in [6.45, 7) is 8.98. The Bertz CT molecular complexity index is 1120. The molecule has 7 atom stereocenters. The average molecular weight is 499 g/mol. The molecule has 7 heteroatoms. The van der Waals surface area contributed by atoms with Crippen LogP contribution in [0, 0.1) is 36.0 Å². The molecule has 0 unspecified atom stereocenters. The molecule has 4 rings (SSSR count). The van der Waals surface area contributed by atoms with Crippen LogP contribution in [0.4, 0.5) is 0 Å². The maximum atomic E-state index is 13.3. The van der Waals surface area contributed by atoms with Crippen LogP contribution in [0.25, 0.3) is 11.0 Å². The molecule has 2 aliphatic rings. The molecule has 2 aromatic rings. The molecule has 1 aromatic carbocycles. The van der Waals surface area contributed by atoms with Gasteiger partial charge in [0.1, 0.15) is 17.7 Å². The number of fused-ring (bicyclic) bond motifs is 2. The van der Waals surface area contributed by atoms with E-state index in [1.807, 2.05) is 43.7 Å². The number of nitrogens with zero attached hydrogens (tertiary/aromatic N) is 2. The summed E-state index contributed by atoms with van der Waals surface area (Å²) in [7, 11) is 1.98. The minimum Gasteiger partial charge on any atom is -0.457 e. The van der Waals surface area contributed by atoms with Crippen LogP contribution in [0.15, 0.2) is 18.2 Å². The second-order valence-electron chi connectivity index (χ2n) is 11.9. The lowest BCUT2D eigenvalue weighted by Crippen LogP contribution is -2.45. The third-order valence-electron chi connectivity index (χ3n) is 8.93. The summed E-state index contributed by atoms with van der Waals surface area (Å²) < 4.78 is 8.03. The summed E-state index contributed by atoms with van der Waals surface area (Å²) in [4.78, 5) is 30.9. The molecular weight excluding hydrogens is 456 g/mol. The SMILES string of the molecule is Cc1nc2cc([C@@H]3C[C@@H]4C[C@@H]4CCC[C@H](C)[C@H](O)[C@@H](C)C(=O)C(C)(C)[C@@H](O)CC(=O)O3)ccc2n1C. The molecule has 2 fully saturated rings. The first-order valence-corrected chi connectivity index (χ1v) is 13.4. The molecule has 2 heterocycles. The number of hydrogen-bond donors (Lipinski definition) is 2. The third-order valence-corrected chi connectivity index (χ3v) is 8.93. The van der Waals surface area contributed by atoms with Crippen LogP contribution >= 0.6 is 0 Å². The largest absolute Gasteiger partial charge is 0.457 e. The Morgan fingerprint density at radius 1 is 1.08 bits per heavy atom. The van der Waals surface area contributed by atoms with Crippen molar-refractivity contribution in [1.82, 2.24) is 9.55 Å². The van der Waals surface area contributed by atoms with E-state index in [4.69, 9.17) is 4.74 Å². The van der Waals surface area contributed by atoms with Crippen molar-refractivity contribution in [3.05, 3.63) is 29.6 Å². The predicted molar refractivity (Wildman–Crippen MR) is 138 cm³/mol. The summed E-state index contributed by atoms with van der Waals surface area (Å²) in [5.74, 6) is 0.618. The lowest BCUT2D eigenvalue weighted by atomic mass is 9.73. The van der Waals surface area contributed by atoms with E-state index in [-0.39, 0.29) is 18.1 Å². The van der Waals surface area contributed by atoms with Crippen molar-refractivity contribution in [2.24, 2.45) is 36.1 Å². The monoisotopic (exact) mass is 498 g/mol. The molecule has 7 nitrogen and oxygen atoms in total. The number of esters is 1. The van der Waals surface area contributed by atoms with Crippen LogP contribution < -0.4 is 0 Å². The normalized spacial score (nSPS) is 34.3. The molecule has 1 aromatic heterocycles. The third kappa shape index (κ3) is 5.37. The van der Waals surface area contributed by atoms with Gasteiger partial charge in [0.2, 0.25) is 0 Å². The van der Waals surface area contributed by atoms with Gasteiger partial charge in [-0.05, 0) is 61.6 Å². The first-order valence-electron chi connectivity index (χ1n) is 13.4. The fourth-order valence-electron chi connectivity index (χ4n) is 5.91. The van der Waals surface area contributed by atoms with Crippen LogP contribution in [0.2, 0.25) is 0 Å². The maximum absolute atomic E-state index is 13.3. The lowest BCUT2D eigenvalue weighted by Gasteiger charge is -2.34. The van der Waals surface area contributed by atoms with Gasteiger partial charge in [0.25, 0.3) is 0 Å². The highest BCUT2D eigenvalue weighted by Crippen LogP contribution is 2.49. The zero-order valence-electron chi connectivity index (χ0n) is 22.5. The summed E-state index contributed by atoms with van der Waals surface area (Å²) in [5.41, 5.74) is 1.63. The minimum atomic E-state index is -1.20. The first kappa shape index (κ1) is 26.8. The van der Waals surface area contributed by atoms with E-state index in [0.717, 1.165) is 54.5 Å². The van der Waals surface area contributed by atoms with Gasteiger partial charge in [-0.1, -0.05) is 46.6 Å². The van der Waals surface area contributed by atoms with Crippen molar-refractivity contribution in [3.63, 3.8) is 0 Å². The molecule has 1 saturated heterocycles. The summed E-state index contributed by atoms with van der Waals surface area (Å²) >= 11 is 0. The summed E-state index contributed by atoms with van der Waals surface area (Å²) in [6, 6.07) is 6.03. The molecule has 1 saturated carbocycles. The molecule has 0 spiro atoms. The van der Waals surface area contributed by atoms with Gasteiger partial charge in [0.15, 0.2) is 0 Å². The second-order valence-corrected chi connectivity index (χ2v) is 11.9. The number of ether oxygens (including phenoxy) is 1. The van der Waals surface area contributed by atoms with Gasteiger partial charge in [-0.15, -0.1) is 0 Å². The molecule has 1 aliphatic carbocycles. The maximum Gasteiger partial charge on any atom is 0.309 e. The van der Waals surface area contributed by atoms with E-state index in [1.54, 1.807) is 20.8 Å². The predicted octanol–water partition coefficient (Wildman–Crippen LogP) is 4.66. The molecular formula is C29H42N2O5. The molecule has 36 heavy (non-hydrogen) atoms. The van der Waals surface area contributed by atoms with Gasteiger partial charge in [-0.25, -0.2) is 4.98 Å². The van der Waals surface area contributed by atoms with E-state index in [9.17, 15) is 19.8 Å². The number of benzene rings is 1. The Kier molecular flexibility index (Phi) is 7.63. The molecule has 0 radical (unpaired) electrons. The van der Waals surface area contributed by atoms with E-state index in [1.165, 1.54) is 0 Å². The Hall–Kier alpha value is -2.25. The number of carbonyl (C=O) groups is 2. The number of aryl methyl sites for hydroxylation is 2. The molecule has 2 N–H and O–H groups in total. The van der Waals surface area contributed by atoms with Crippen LogP contribution in [-0.2, 0) is 21.4 Å². The van der Waals surface area contributed by atoms with Gasteiger partial charge >= 0.3 is 5.97 Å². The fourth-order valence-corrected chi connectivity index (χ4v) is 5.91. The number of Topliss-reactive ketones (excluding diaryl/α,β-unsaturated/α-hetero) is 1. The minimum absolute atomic E-state index is 0.00623. The number of aliphatic hydroxyl groups is 2. The van der Waals surface area contributed by atoms with Crippen molar-refractivity contribution in [2.45, 2.75) is 91.5 Å². The van der Waals surface area contributed by atoms with E-state index in [2.05, 4.69) is 4.98 Å². The number of cyclic esters (lactones) is 1. The number of ketones is 1. The van der Waals surface area contributed by atoms with Crippen LogP contribution in [0.1, 0.15) is 83.7 Å². The number of rotatable bonds is 1. The average Bonchev–Trinajstić information content (AvgIpc) is 3.51. The van der Waals surface area contributed by atoms with Crippen LogP contribution in [0.5, 0.6) is 0 Å². The van der Waals surface area contributed by atoms with Crippen molar-refractivity contribution in [2.75, 3.05) is 0 Å². The van der Waals surface area contributed by atoms with Crippen molar-refractivity contribution >= 4 is 22.8 Å². The Morgan fingerprint density at radius 2 is 1.81 bits per heavy atom. The summed E-state index contributed by atoms with van der Waals surface area (Å²) in [6.07, 6.45) is 2.12. The zero-order valence-corrected chi connectivity index (χ0v) is 22.5. The molecule has 0 bridgehead atoms. The smallest absolute Gasteiger partial charge is 0.309 e. The molecule has 0 amide bonds. The first-order chi connectivity index (χ1) is 16.9. The number of hydrogen-bond acceptors (Lipinski definition) is 6. The number of aromatic nitrogens is 2. The standard InChI is InChI=1S/C29H42N2O5/c1-16-8-7-9-19-12-21(19)14-24(20-10-11-23-22(13-20)30-18(3)31(23)6)36-26(33)15-25(32)29(4,5)28(35)17(2)27(16)34/h10-11,13,16-17,19,21,24-25,27,32,34H,7-9,12,14-15H2,1-6H3/t16-,17+,19-,21-,24-,25-,27-/m0/s1. The van der Waals surface area contributed by atoms with Gasteiger partial charge in [-0.3, -0.25) is 9.59 Å².